The first-order valence-corrected chi connectivity index (χ1v) is 5.49. The van der Waals surface area contributed by atoms with Gasteiger partial charge in [-0.05, 0) is 12.1 Å². The molecule has 1 aromatic carbocycles. The molecule has 0 saturated carbocycles. The van der Waals surface area contributed by atoms with E-state index in [-0.39, 0.29) is 11.7 Å². The predicted octanol–water partition coefficient (Wildman–Crippen LogP) is 2.31. The number of benzene rings is 1. The minimum Gasteiger partial charge on any atom is -0.496 e. The van der Waals surface area contributed by atoms with Gasteiger partial charge >= 0.3 is 0 Å². The van der Waals surface area contributed by atoms with Crippen LogP contribution in [0.4, 0.5) is 4.39 Å². The van der Waals surface area contributed by atoms with Gasteiger partial charge in [-0.3, -0.25) is 0 Å². The van der Waals surface area contributed by atoms with E-state index < -0.39 is 5.82 Å². The summed E-state index contributed by atoms with van der Waals surface area (Å²) >= 11 is 0. The van der Waals surface area contributed by atoms with Crippen LogP contribution in [0.25, 0.3) is 11.4 Å². The Labute approximate surface area is 110 Å². The Kier molecular flexibility index (Phi) is 3.79. The molecule has 0 atom stereocenters. The van der Waals surface area contributed by atoms with E-state index in [1.165, 1.54) is 21.3 Å². The number of rotatable bonds is 4. The highest BCUT2D eigenvalue weighted by molar-refractivity contribution is 5.72. The highest BCUT2D eigenvalue weighted by atomic mass is 19.1. The third-order valence-corrected chi connectivity index (χ3v) is 2.56. The van der Waals surface area contributed by atoms with Crippen molar-refractivity contribution in [2.24, 2.45) is 0 Å². The van der Waals surface area contributed by atoms with Crippen molar-refractivity contribution in [2.45, 2.75) is 0 Å². The first-order chi connectivity index (χ1) is 9.21. The average molecular weight is 264 g/mol. The number of nitrogens with zero attached hydrogens (tertiary/aromatic N) is 2. The van der Waals surface area contributed by atoms with E-state index in [4.69, 9.17) is 14.2 Å². The summed E-state index contributed by atoms with van der Waals surface area (Å²) in [6, 6.07) is 5.27. The van der Waals surface area contributed by atoms with Crippen molar-refractivity contribution in [3.05, 3.63) is 30.2 Å². The molecule has 0 fully saturated rings. The van der Waals surface area contributed by atoms with Crippen LogP contribution in [0.2, 0.25) is 0 Å². The fourth-order valence-corrected chi connectivity index (χ4v) is 1.69. The Balaban J connectivity index is 2.63. The summed E-state index contributed by atoms with van der Waals surface area (Å²) in [5.74, 6) is 0.589. The number of halogens is 1. The van der Waals surface area contributed by atoms with Gasteiger partial charge in [-0.1, -0.05) is 6.07 Å². The normalized spacial score (nSPS) is 10.1. The van der Waals surface area contributed by atoms with Crippen molar-refractivity contribution in [1.29, 1.82) is 0 Å². The summed E-state index contributed by atoms with van der Waals surface area (Å²) in [4.78, 5) is 7.96. The zero-order valence-corrected chi connectivity index (χ0v) is 10.8. The molecule has 1 heterocycles. The van der Waals surface area contributed by atoms with Crippen molar-refractivity contribution < 1.29 is 18.6 Å². The van der Waals surface area contributed by atoms with Gasteiger partial charge in [0.05, 0.1) is 27.5 Å². The van der Waals surface area contributed by atoms with Crippen molar-refractivity contribution in [3.63, 3.8) is 0 Å². The highest BCUT2D eigenvalue weighted by Gasteiger charge is 2.17. The number of hydrogen-bond acceptors (Lipinski definition) is 5. The van der Waals surface area contributed by atoms with E-state index in [1.807, 2.05) is 0 Å². The van der Waals surface area contributed by atoms with E-state index >= 15 is 0 Å². The van der Waals surface area contributed by atoms with Crippen LogP contribution in [-0.4, -0.2) is 31.3 Å². The molecule has 6 heteroatoms. The van der Waals surface area contributed by atoms with Crippen LogP contribution >= 0.6 is 0 Å². The first-order valence-electron chi connectivity index (χ1n) is 5.49. The molecular formula is C13H13FN2O3. The topological polar surface area (TPSA) is 53.5 Å². The molecule has 0 bridgehead atoms. The molecule has 2 rings (SSSR count). The minimum absolute atomic E-state index is 0.127. The summed E-state index contributed by atoms with van der Waals surface area (Å²) in [7, 11) is 4.40. The van der Waals surface area contributed by atoms with Crippen LogP contribution in [0.5, 0.6) is 17.4 Å². The van der Waals surface area contributed by atoms with Gasteiger partial charge in [0.1, 0.15) is 17.1 Å². The van der Waals surface area contributed by atoms with E-state index in [1.54, 1.807) is 18.2 Å². The molecular weight excluding hydrogens is 251 g/mol. The molecule has 19 heavy (non-hydrogen) atoms. The second kappa shape index (κ2) is 5.51. The van der Waals surface area contributed by atoms with Gasteiger partial charge in [-0.2, -0.15) is 9.37 Å². The lowest BCUT2D eigenvalue weighted by Gasteiger charge is -2.12. The molecule has 0 aliphatic carbocycles. The summed E-state index contributed by atoms with van der Waals surface area (Å²) in [5.41, 5.74) is 0.547. The van der Waals surface area contributed by atoms with Crippen molar-refractivity contribution in [3.8, 4) is 28.8 Å². The van der Waals surface area contributed by atoms with Crippen LogP contribution in [0, 0.1) is 5.82 Å². The summed E-state index contributed by atoms with van der Waals surface area (Å²) in [5, 5.41) is 0. The Bertz CT molecular complexity index is 568. The number of aromatic nitrogens is 2. The molecule has 2 aromatic rings. The van der Waals surface area contributed by atoms with Crippen molar-refractivity contribution >= 4 is 0 Å². The predicted molar refractivity (Wildman–Crippen MR) is 67.1 cm³/mol. The third kappa shape index (κ3) is 2.42. The van der Waals surface area contributed by atoms with Crippen LogP contribution in [-0.2, 0) is 0 Å². The van der Waals surface area contributed by atoms with Gasteiger partial charge in [0.25, 0.3) is 5.88 Å². The van der Waals surface area contributed by atoms with Gasteiger partial charge in [0.15, 0.2) is 5.82 Å². The summed E-state index contributed by atoms with van der Waals surface area (Å²) in [6.45, 7) is 0. The van der Waals surface area contributed by atoms with Gasteiger partial charge in [-0.15, -0.1) is 0 Å². The smallest absolute Gasteiger partial charge is 0.253 e. The lowest BCUT2D eigenvalue weighted by molar-refractivity contribution is 0.367. The molecule has 5 nitrogen and oxygen atoms in total. The van der Waals surface area contributed by atoms with Gasteiger partial charge < -0.3 is 14.2 Å². The fraction of sp³-hybridized carbons (Fsp3) is 0.231. The largest absolute Gasteiger partial charge is 0.496 e. The van der Waals surface area contributed by atoms with Crippen LogP contribution in [0.1, 0.15) is 0 Å². The fourth-order valence-electron chi connectivity index (χ4n) is 1.69. The van der Waals surface area contributed by atoms with Crippen LogP contribution in [0.15, 0.2) is 24.4 Å². The van der Waals surface area contributed by atoms with Crippen molar-refractivity contribution in [1.82, 2.24) is 9.97 Å². The van der Waals surface area contributed by atoms with E-state index in [0.717, 1.165) is 6.20 Å². The van der Waals surface area contributed by atoms with E-state index in [2.05, 4.69) is 9.97 Å². The Hall–Kier alpha value is -2.37. The maximum atomic E-state index is 13.3. The molecule has 0 amide bonds. The summed E-state index contributed by atoms with van der Waals surface area (Å²) < 4.78 is 28.7. The van der Waals surface area contributed by atoms with Gasteiger partial charge in [-0.25, -0.2) is 4.98 Å². The lowest BCUT2D eigenvalue weighted by Crippen LogP contribution is -2.00. The Morgan fingerprint density at radius 3 is 2.16 bits per heavy atom. The van der Waals surface area contributed by atoms with Gasteiger partial charge in [0, 0.05) is 0 Å². The zero-order valence-electron chi connectivity index (χ0n) is 10.8. The average Bonchev–Trinajstić information content (AvgIpc) is 2.47. The molecule has 0 aliphatic rings. The van der Waals surface area contributed by atoms with E-state index in [0.29, 0.717) is 17.1 Å². The monoisotopic (exact) mass is 264 g/mol. The molecule has 0 unspecified atom stereocenters. The quantitative estimate of drug-likeness (QED) is 0.848. The van der Waals surface area contributed by atoms with Crippen LogP contribution in [0.3, 0.4) is 0 Å². The van der Waals surface area contributed by atoms with Crippen LogP contribution < -0.4 is 14.2 Å². The molecule has 0 radical (unpaired) electrons. The Morgan fingerprint density at radius 1 is 1.00 bits per heavy atom. The third-order valence-electron chi connectivity index (χ3n) is 2.56. The van der Waals surface area contributed by atoms with Gasteiger partial charge in [0.2, 0.25) is 5.82 Å². The molecule has 0 saturated heterocycles. The minimum atomic E-state index is -0.625. The number of methoxy groups -OCH3 is 3. The molecule has 0 aliphatic heterocycles. The Morgan fingerprint density at radius 2 is 1.63 bits per heavy atom. The molecule has 0 N–H and O–H groups in total. The number of ether oxygens (including phenoxy) is 3. The molecule has 1 aromatic heterocycles. The maximum absolute atomic E-state index is 13.3. The SMILES string of the molecule is COc1cccc(OC)c1-c1ncc(F)c(OC)n1. The maximum Gasteiger partial charge on any atom is 0.253 e. The van der Waals surface area contributed by atoms with E-state index in [9.17, 15) is 4.39 Å². The molecule has 0 spiro atoms. The first kappa shape index (κ1) is 13.1. The second-order valence-corrected chi connectivity index (χ2v) is 3.59. The standard InChI is InChI=1S/C13H13FN2O3/c1-17-9-5-4-6-10(18-2)11(9)12-15-7-8(14)13(16-12)19-3/h4-7H,1-3H3. The van der Waals surface area contributed by atoms with Crippen molar-refractivity contribution in [2.75, 3.05) is 21.3 Å². The highest BCUT2D eigenvalue weighted by Crippen LogP contribution is 2.36. The summed E-state index contributed by atoms with van der Waals surface area (Å²) in [6.07, 6.45) is 1.05. The number of hydrogen-bond donors (Lipinski definition) is 0. The second-order valence-electron chi connectivity index (χ2n) is 3.59. The zero-order chi connectivity index (χ0) is 13.8. The lowest BCUT2D eigenvalue weighted by atomic mass is 10.1. The molecule has 100 valence electrons.